The first kappa shape index (κ1) is 24.6. The number of piperazine rings is 1. The maximum Gasteiger partial charge on any atom is 0.257 e. The average Bonchev–Trinajstić information content (AvgIpc) is 3.33. The van der Waals surface area contributed by atoms with Crippen molar-refractivity contribution in [2.45, 2.75) is 46.7 Å². The zero-order valence-electron chi connectivity index (χ0n) is 20.4. The summed E-state index contributed by atoms with van der Waals surface area (Å²) in [6, 6.07) is 5.73. The Hall–Kier alpha value is -2.48. The molecule has 182 valence electrons. The Morgan fingerprint density at radius 2 is 2.00 bits per heavy atom. The molecule has 0 radical (unpaired) electrons. The highest BCUT2D eigenvalue weighted by atomic mass is 35.5. The number of halogens is 1. The summed E-state index contributed by atoms with van der Waals surface area (Å²) in [6.07, 6.45) is 2.42. The number of hydrogen-bond donors (Lipinski definition) is 1. The van der Waals surface area contributed by atoms with Gasteiger partial charge in [0, 0.05) is 61.4 Å². The van der Waals surface area contributed by atoms with Crippen LogP contribution in [0.5, 0.6) is 0 Å². The molecular weight excluding hydrogens is 452 g/mol. The highest BCUT2D eigenvalue weighted by molar-refractivity contribution is 6.31. The zero-order chi connectivity index (χ0) is 24.4. The van der Waals surface area contributed by atoms with Crippen LogP contribution < -0.4 is 5.32 Å². The number of pyridine rings is 1. The van der Waals surface area contributed by atoms with E-state index in [-0.39, 0.29) is 23.8 Å². The van der Waals surface area contributed by atoms with Crippen molar-refractivity contribution in [3.63, 3.8) is 0 Å². The van der Waals surface area contributed by atoms with Crippen LogP contribution in [0.2, 0.25) is 5.02 Å². The number of amides is 2. The number of hydrogen-bond acceptors (Lipinski definition) is 5. The van der Waals surface area contributed by atoms with E-state index in [1.807, 2.05) is 37.8 Å². The summed E-state index contributed by atoms with van der Waals surface area (Å²) in [5.74, 6) is 0.0147. The Kier molecular flexibility index (Phi) is 7.55. The molecule has 7 nitrogen and oxygen atoms in total. The van der Waals surface area contributed by atoms with Crippen molar-refractivity contribution in [2.75, 3.05) is 38.2 Å². The van der Waals surface area contributed by atoms with E-state index in [4.69, 9.17) is 16.3 Å². The third-order valence-electron chi connectivity index (χ3n) is 7.00. The highest BCUT2D eigenvalue weighted by Gasteiger charge is 2.33. The molecule has 2 aliphatic heterocycles. The Morgan fingerprint density at radius 1 is 1.21 bits per heavy atom. The van der Waals surface area contributed by atoms with Crippen molar-refractivity contribution < 1.29 is 14.3 Å². The molecule has 8 heteroatoms. The number of rotatable bonds is 5. The summed E-state index contributed by atoms with van der Waals surface area (Å²) < 4.78 is 5.40. The summed E-state index contributed by atoms with van der Waals surface area (Å²) in [5.41, 5.74) is 5.16. The van der Waals surface area contributed by atoms with E-state index in [2.05, 4.69) is 22.1 Å². The molecule has 3 heterocycles. The fourth-order valence-electron chi connectivity index (χ4n) is 4.70. The van der Waals surface area contributed by atoms with Crippen LogP contribution >= 0.6 is 11.6 Å². The summed E-state index contributed by atoms with van der Waals surface area (Å²) >= 11 is 6.43. The lowest BCUT2D eigenvalue weighted by Gasteiger charge is -2.41. The van der Waals surface area contributed by atoms with Crippen LogP contribution in [0, 0.1) is 26.7 Å². The maximum atomic E-state index is 12.8. The predicted molar refractivity (Wildman–Crippen MR) is 133 cm³/mol. The molecule has 1 aromatic heterocycles. The van der Waals surface area contributed by atoms with Gasteiger partial charge in [0.25, 0.3) is 5.91 Å². The lowest BCUT2D eigenvalue weighted by molar-refractivity contribution is -0.140. The van der Waals surface area contributed by atoms with E-state index in [0.717, 1.165) is 41.9 Å². The minimum Gasteiger partial charge on any atom is -0.381 e. The van der Waals surface area contributed by atoms with Crippen LogP contribution in [-0.4, -0.2) is 65.5 Å². The molecule has 0 bridgehead atoms. The summed E-state index contributed by atoms with van der Waals surface area (Å²) in [6.45, 7) is 12.2. The van der Waals surface area contributed by atoms with Gasteiger partial charge < -0.3 is 15.0 Å². The van der Waals surface area contributed by atoms with Crippen LogP contribution in [0.1, 0.15) is 46.1 Å². The van der Waals surface area contributed by atoms with Gasteiger partial charge in [-0.3, -0.25) is 19.5 Å². The van der Waals surface area contributed by atoms with E-state index in [0.29, 0.717) is 42.6 Å². The number of aromatic nitrogens is 1. The quantitative estimate of drug-likeness (QED) is 0.694. The molecule has 2 amide bonds. The molecule has 1 aromatic carbocycles. The molecule has 4 rings (SSSR count). The fraction of sp³-hybridized carbons (Fsp3) is 0.500. The van der Waals surface area contributed by atoms with Crippen molar-refractivity contribution in [1.29, 1.82) is 0 Å². The summed E-state index contributed by atoms with van der Waals surface area (Å²) in [5, 5.41) is 3.59. The minimum atomic E-state index is -0.205. The van der Waals surface area contributed by atoms with E-state index >= 15 is 0 Å². The molecule has 0 unspecified atom stereocenters. The number of nitrogens with zero attached hydrogens (tertiary/aromatic N) is 3. The Morgan fingerprint density at radius 3 is 2.68 bits per heavy atom. The molecule has 0 saturated carbocycles. The second-order valence-corrected chi connectivity index (χ2v) is 9.93. The van der Waals surface area contributed by atoms with Gasteiger partial charge in [0.1, 0.15) is 0 Å². The summed E-state index contributed by atoms with van der Waals surface area (Å²) in [4.78, 5) is 34.3. The third-order valence-corrected chi connectivity index (χ3v) is 7.22. The third kappa shape index (κ3) is 5.43. The Balaban J connectivity index is 1.43. The normalized spacial score (nSPS) is 21.0. The smallest absolute Gasteiger partial charge is 0.257 e. The lowest BCUT2D eigenvalue weighted by Crippen LogP contribution is -2.55. The van der Waals surface area contributed by atoms with Crippen molar-refractivity contribution in [1.82, 2.24) is 14.8 Å². The highest BCUT2D eigenvalue weighted by Crippen LogP contribution is 2.28. The largest absolute Gasteiger partial charge is 0.381 e. The molecule has 2 fully saturated rings. The number of ether oxygens (including phenoxy) is 1. The van der Waals surface area contributed by atoms with Gasteiger partial charge in [-0.25, -0.2) is 0 Å². The molecule has 34 heavy (non-hydrogen) atoms. The Bertz CT molecular complexity index is 1080. The second-order valence-electron chi connectivity index (χ2n) is 9.49. The molecule has 2 aromatic rings. The van der Waals surface area contributed by atoms with Crippen molar-refractivity contribution in [3.8, 4) is 0 Å². The number of nitrogens with one attached hydrogen (secondary N) is 1. The van der Waals surface area contributed by atoms with Crippen LogP contribution in [0.15, 0.2) is 24.4 Å². The molecule has 1 N–H and O–H groups in total. The van der Waals surface area contributed by atoms with Gasteiger partial charge >= 0.3 is 0 Å². The van der Waals surface area contributed by atoms with E-state index in [9.17, 15) is 9.59 Å². The van der Waals surface area contributed by atoms with E-state index in [1.54, 1.807) is 12.3 Å². The first-order chi connectivity index (χ1) is 16.2. The second kappa shape index (κ2) is 10.4. The van der Waals surface area contributed by atoms with Gasteiger partial charge in [-0.2, -0.15) is 0 Å². The number of benzene rings is 1. The first-order valence-corrected chi connectivity index (χ1v) is 12.2. The van der Waals surface area contributed by atoms with Gasteiger partial charge in [0.2, 0.25) is 5.91 Å². The molecule has 0 aliphatic carbocycles. The average molecular weight is 485 g/mol. The van der Waals surface area contributed by atoms with Gasteiger partial charge in [0.15, 0.2) is 0 Å². The molecule has 2 saturated heterocycles. The topological polar surface area (TPSA) is 74.8 Å². The van der Waals surface area contributed by atoms with Crippen molar-refractivity contribution >= 4 is 29.1 Å². The van der Waals surface area contributed by atoms with Crippen LogP contribution in [-0.2, 0) is 16.1 Å². The standard InChI is InChI=1S/C26H33ClN4O3/c1-16-9-21(12-28-19(16)4)25(32)29-24-11-23(27)10-22(18(24)3)14-30-6-7-31(17(2)13-30)26(33)20-5-8-34-15-20/h9-12,17,20H,5-8,13-15H2,1-4H3,(H,29,32)/t17-,20-/m0/s1. The first-order valence-electron chi connectivity index (χ1n) is 11.9. The predicted octanol–water partition coefficient (Wildman–Crippen LogP) is 3.98. The summed E-state index contributed by atoms with van der Waals surface area (Å²) in [7, 11) is 0. The van der Waals surface area contributed by atoms with Crippen molar-refractivity contribution in [3.05, 3.63) is 57.4 Å². The van der Waals surface area contributed by atoms with Crippen LogP contribution in [0.4, 0.5) is 5.69 Å². The van der Waals surface area contributed by atoms with Crippen LogP contribution in [0.3, 0.4) is 0 Å². The Labute approximate surface area is 206 Å². The molecular formula is C26H33ClN4O3. The van der Waals surface area contributed by atoms with Crippen molar-refractivity contribution in [2.24, 2.45) is 5.92 Å². The fourth-order valence-corrected chi connectivity index (χ4v) is 4.94. The minimum absolute atomic E-state index is 0.00265. The van der Waals surface area contributed by atoms with E-state index < -0.39 is 0 Å². The lowest BCUT2D eigenvalue weighted by atomic mass is 10.0. The number of carbonyl (C=O) groups excluding carboxylic acids is 2. The molecule has 2 aliphatic rings. The van der Waals surface area contributed by atoms with Gasteiger partial charge in [-0.15, -0.1) is 0 Å². The van der Waals surface area contributed by atoms with E-state index in [1.165, 1.54) is 0 Å². The van der Waals surface area contributed by atoms with Crippen LogP contribution in [0.25, 0.3) is 0 Å². The monoisotopic (exact) mass is 484 g/mol. The molecule has 0 spiro atoms. The van der Waals surface area contributed by atoms with Gasteiger partial charge in [-0.05, 0) is 69.0 Å². The number of anilines is 1. The molecule has 2 atom stereocenters. The number of aryl methyl sites for hydroxylation is 2. The van der Waals surface area contributed by atoms with Gasteiger partial charge in [0.05, 0.1) is 18.1 Å². The zero-order valence-corrected chi connectivity index (χ0v) is 21.1. The number of carbonyl (C=O) groups is 2. The SMILES string of the molecule is Cc1cc(C(=O)Nc2cc(Cl)cc(CN3CCN(C(=O)[C@H]4CCOC4)[C@@H](C)C3)c2C)cnc1C. The van der Waals surface area contributed by atoms with Gasteiger partial charge in [-0.1, -0.05) is 11.6 Å². The maximum absolute atomic E-state index is 12.8.